The molecule has 3 heteroatoms. The number of hydrogen-bond donors (Lipinski definition) is 1. The second-order valence-corrected chi connectivity index (χ2v) is 6.74. The van der Waals surface area contributed by atoms with E-state index in [0.717, 1.165) is 17.4 Å². The van der Waals surface area contributed by atoms with E-state index in [9.17, 15) is 9.90 Å². The van der Waals surface area contributed by atoms with Crippen molar-refractivity contribution in [2.75, 3.05) is 0 Å². The van der Waals surface area contributed by atoms with Crippen molar-refractivity contribution in [1.29, 1.82) is 0 Å². The third-order valence-electron chi connectivity index (χ3n) is 3.49. The van der Waals surface area contributed by atoms with Gasteiger partial charge in [0.15, 0.2) is 6.29 Å². The van der Waals surface area contributed by atoms with Crippen molar-refractivity contribution >= 4 is 17.9 Å². The van der Waals surface area contributed by atoms with E-state index in [4.69, 9.17) is 11.6 Å². The van der Waals surface area contributed by atoms with E-state index >= 15 is 0 Å². The third kappa shape index (κ3) is 3.11. The first kappa shape index (κ1) is 15.6. The Balaban J connectivity index is 2.76. The van der Waals surface area contributed by atoms with Crippen molar-refractivity contribution in [3.8, 4) is 16.9 Å². The van der Waals surface area contributed by atoms with Crippen LogP contribution in [0.25, 0.3) is 11.1 Å². The summed E-state index contributed by atoms with van der Waals surface area (Å²) in [4.78, 5) is 11.3. The van der Waals surface area contributed by atoms with Crippen LogP contribution in [-0.4, -0.2) is 11.4 Å². The lowest BCUT2D eigenvalue weighted by atomic mass is 9.83. The zero-order valence-corrected chi connectivity index (χ0v) is 13.5. The quantitative estimate of drug-likeness (QED) is 0.781. The highest BCUT2D eigenvalue weighted by atomic mass is 35.5. The van der Waals surface area contributed by atoms with E-state index < -0.39 is 0 Å². The molecule has 0 saturated carbocycles. The number of carbonyl (C=O) groups excluding carboxylic acids is 1. The molecular weight excluding hydrogens is 284 g/mol. The monoisotopic (exact) mass is 302 g/mol. The van der Waals surface area contributed by atoms with Crippen molar-refractivity contribution in [2.45, 2.75) is 33.1 Å². The van der Waals surface area contributed by atoms with Gasteiger partial charge in [0, 0.05) is 21.7 Å². The van der Waals surface area contributed by atoms with Gasteiger partial charge in [-0.3, -0.25) is 4.79 Å². The van der Waals surface area contributed by atoms with Crippen molar-refractivity contribution < 1.29 is 9.90 Å². The normalized spacial score (nSPS) is 11.5. The van der Waals surface area contributed by atoms with E-state index in [-0.39, 0.29) is 11.2 Å². The van der Waals surface area contributed by atoms with Crippen LogP contribution < -0.4 is 0 Å². The highest BCUT2D eigenvalue weighted by molar-refractivity contribution is 6.31. The molecule has 21 heavy (non-hydrogen) atoms. The molecule has 0 atom stereocenters. The molecule has 0 aromatic heterocycles. The van der Waals surface area contributed by atoms with Crippen LogP contribution in [0, 0.1) is 6.92 Å². The van der Waals surface area contributed by atoms with Gasteiger partial charge in [0.05, 0.1) is 0 Å². The Bertz CT molecular complexity index is 697. The van der Waals surface area contributed by atoms with Gasteiger partial charge in [0.25, 0.3) is 0 Å². The summed E-state index contributed by atoms with van der Waals surface area (Å²) in [5, 5.41) is 11.1. The Hall–Kier alpha value is -1.80. The molecule has 0 saturated heterocycles. The largest absolute Gasteiger partial charge is 0.507 e. The zero-order valence-electron chi connectivity index (χ0n) is 12.7. The number of rotatable bonds is 2. The Morgan fingerprint density at radius 1 is 1.10 bits per heavy atom. The number of aldehydes is 1. The number of phenolic OH excluding ortho intramolecular Hbond substituents is 1. The Morgan fingerprint density at radius 2 is 1.76 bits per heavy atom. The van der Waals surface area contributed by atoms with Gasteiger partial charge in [0.1, 0.15) is 5.75 Å². The van der Waals surface area contributed by atoms with Gasteiger partial charge in [-0.1, -0.05) is 44.5 Å². The van der Waals surface area contributed by atoms with Crippen LogP contribution in [0.2, 0.25) is 5.02 Å². The molecule has 2 aromatic carbocycles. The molecule has 0 spiro atoms. The fraction of sp³-hybridized carbons (Fsp3) is 0.278. The van der Waals surface area contributed by atoms with Gasteiger partial charge in [-0.15, -0.1) is 0 Å². The van der Waals surface area contributed by atoms with Crippen LogP contribution in [-0.2, 0) is 5.41 Å². The molecule has 0 amide bonds. The molecule has 1 N–H and O–H groups in total. The zero-order chi connectivity index (χ0) is 15.8. The maximum Gasteiger partial charge on any atom is 0.150 e. The topological polar surface area (TPSA) is 37.3 Å². The summed E-state index contributed by atoms with van der Waals surface area (Å²) in [6.45, 7) is 8.13. The lowest BCUT2D eigenvalue weighted by Crippen LogP contribution is -2.12. The number of hydrogen-bond acceptors (Lipinski definition) is 2. The minimum Gasteiger partial charge on any atom is -0.507 e. The van der Waals surface area contributed by atoms with E-state index in [0.29, 0.717) is 21.7 Å². The van der Waals surface area contributed by atoms with Crippen molar-refractivity contribution in [3.05, 3.63) is 52.0 Å². The molecule has 0 heterocycles. The molecule has 0 aliphatic heterocycles. The SMILES string of the molecule is Cc1cc(-c2ccc(Cl)cc2C=O)c(O)c(C(C)(C)C)c1. The third-order valence-corrected chi connectivity index (χ3v) is 3.73. The molecule has 0 radical (unpaired) electrons. The summed E-state index contributed by atoms with van der Waals surface area (Å²) < 4.78 is 0. The molecule has 110 valence electrons. The van der Waals surface area contributed by atoms with Gasteiger partial charge in [-0.05, 0) is 41.7 Å². The van der Waals surface area contributed by atoms with Gasteiger partial charge < -0.3 is 5.11 Å². The standard InChI is InChI=1S/C18H19ClO2/c1-11-7-15(17(21)16(8-11)18(2,3)4)14-6-5-13(19)9-12(14)10-20/h5-10,21H,1-4H3. The molecule has 2 rings (SSSR count). The second kappa shape index (κ2) is 5.53. The maximum absolute atomic E-state index is 11.3. The van der Waals surface area contributed by atoms with Crippen molar-refractivity contribution in [3.63, 3.8) is 0 Å². The fourth-order valence-electron chi connectivity index (χ4n) is 2.43. The maximum atomic E-state index is 11.3. The first-order valence-corrected chi connectivity index (χ1v) is 7.21. The average Bonchev–Trinajstić information content (AvgIpc) is 2.40. The predicted octanol–water partition coefficient (Wildman–Crippen LogP) is 5.13. The van der Waals surface area contributed by atoms with Crippen LogP contribution in [0.3, 0.4) is 0 Å². The molecule has 0 unspecified atom stereocenters. The van der Waals surface area contributed by atoms with Crippen molar-refractivity contribution in [1.82, 2.24) is 0 Å². The van der Waals surface area contributed by atoms with Gasteiger partial charge >= 0.3 is 0 Å². The van der Waals surface area contributed by atoms with Gasteiger partial charge in [0.2, 0.25) is 0 Å². The van der Waals surface area contributed by atoms with Crippen LogP contribution in [0.1, 0.15) is 42.3 Å². The molecule has 2 aromatic rings. The second-order valence-electron chi connectivity index (χ2n) is 6.31. The summed E-state index contributed by atoms with van der Waals surface area (Å²) in [7, 11) is 0. The first-order valence-electron chi connectivity index (χ1n) is 6.83. The van der Waals surface area contributed by atoms with Crippen LogP contribution in [0.4, 0.5) is 0 Å². The minimum atomic E-state index is -0.182. The van der Waals surface area contributed by atoms with Crippen LogP contribution in [0.15, 0.2) is 30.3 Å². The summed E-state index contributed by atoms with van der Waals surface area (Å²) in [5.41, 5.74) is 3.56. The van der Waals surface area contributed by atoms with Crippen LogP contribution >= 0.6 is 11.6 Å². The number of phenols is 1. The van der Waals surface area contributed by atoms with Crippen molar-refractivity contribution in [2.24, 2.45) is 0 Å². The van der Waals surface area contributed by atoms with Gasteiger partial charge in [-0.25, -0.2) is 0 Å². The average molecular weight is 303 g/mol. The fourth-order valence-corrected chi connectivity index (χ4v) is 2.61. The lowest BCUT2D eigenvalue weighted by Gasteiger charge is -2.23. The molecule has 0 aliphatic rings. The number of aryl methyl sites for hydroxylation is 1. The Morgan fingerprint density at radius 3 is 2.33 bits per heavy atom. The summed E-state index contributed by atoms with van der Waals surface area (Å²) >= 11 is 5.94. The summed E-state index contributed by atoms with van der Waals surface area (Å²) in [6, 6.07) is 8.98. The lowest BCUT2D eigenvalue weighted by molar-refractivity contribution is 0.112. The highest BCUT2D eigenvalue weighted by Crippen LogP contribution is 2.40. The number of benzene rings is 2. The Labute approximate surface area is 130 Å². The summed E-state index contributed by atoms with van der Waals surface area (Å²) in [5.74, 6) is 0.221. The van der Waals surface area contributed by atoms with Gasteiger partial charge in [-0.2, -0.15) is 0 Å². The number of halogens is 1. The van der Waals surface area contributed by atoms with E-state index in [1.165, 1.54) is 0 Å². The molecule has 0 aliphatic carbocycles. The molecule has 2 nitrogen and oxygen atoms in total. The number of aromatic hydroxyl groups is 1. The first-order chi connectivity index (χ1) is 9.74. The van der Waals surface area contributed by atoms with E-state index in [1.54, 1.807) is 18.2 Å². The number of carbonyl (C=O) groups is 1. The smallest absolute Gasteiger partial charge is 0.150 e. The van der Waals surface area contributed by atoms with E-state index in [1.807, 2.05) is 39.8 Å². The predicted molar refractivity (Wildman–Crippen MR) is 87.4 cm³/mol. The molecule has 0 bridgehead atoms. The molecular formula is C18H19ClO2. The Kier molecular flexibility index (Phi) is 4.11. The summed E-state index contributed by atoms with van der Waals surface area (Å²) in [6.07, 6.45) is 0.764. The molecule has 0 fully saturated rings. The van der Waals surface area contributed by atoms with Crippen LogP contribution in [0.5, 0.6) is 5.75 Å². The minimum absolute atomic E-state index is 0.182. The highest BCUT2D eigenvalue weighted by Gasteiger charge is 2.22. The van der Waals surface area contributed by atoms with E-state index in [2.05, 4.69) is 0 Å².